The van der Waals surface area contributed by atoms with Gasteiger partial charge in [0.2, 0.25) is 0 Å². The van der Waals surface area contributed by atoms with Crippen molar-refractivity contribution in [1.29, 1.82) is 0 Å². The van der Waals surface area contributed by atoms with Crippen LogP contribution in [0.3, 0.4) is 0 Å². The van der Waals surface area contributed by atoms with Crippen molar-refractivity contribution < 1.29 is 9.53 Å². The van der Waals surface area contributed by atoms with Gasteiger partial charge in [0.05, 0.1) is 5.88 Å². The number of benzene rings is 1. The van der Waals surface area contributed by atoms with E-state index >= 15 is 0 Å². The molecule has 0 aromatic heterocycles. The summed E-state index contributed by atoms with van der Waals surface area (Å²) in [7, 11) is 0. The average Bonchev–Trinajstić information content (AvgIpc) is 3.10. The maximum absolute atomic E-state index is 13.3. The van der Waals surface area contributed by atoms with Gasteiger partial charge in [-0.15, -0.1) is 11.8 Å². The molecule has 3 unspecified atom stereocenters. The van der Waals surface area contributed by atoms with Crippen LogP contribution in [0.5, 0.6) is 0 Å². The van der Waals surface area contributed by atoms with Crippen LogP contribution in [-0.2, 0) is 14.9 Å². The standard InChI is InChI=1S/C25H30N2O2S/c1-24(2,3)18-8-5-16(6-9-18)22-26-20(23(28)27-11-12-30-15-27)21(29-22)17-7-10-19-14-25(19,4)13-17/h5-10,13,19,22,26H,11-12,14-15H2,1-4H3. The number of nitrogens with one attached hydrogen (secondary N) is 1. The van der Waals surface area contributed by atoms with Crippen LogP contribution in [0.2, 0.25) is 0 Å². The zero-order valence-electron chi connectivity index (χ0n) is 18.2. The number of rotatable bonds is 3. The fourth-order valence-electron chi connectivity index (χ4n) is 4.45. The largest absolute Gasteiger partial charge is 0.463 e. The number of fused-ring (bicyclic) bond motifs is 1. The fraction of sp³-hybridized carbons (Fsp3) is 0.480. The first kappa shape index (κ1) is 19.8. The molecule has 4 aliphatic rings. The monoisotopic (exact) mass is 422 g/mol. The molecular formula is C25H30N2O2S. The summed E-state index contributed by atoms with van der Waals surface area (Å²) in [5.74, 6) is 3.11. The molecule has 2 heterocycles. The Morgan fingerprint density at radius 1 is 1.27 bits per heavy atom. The van der Waals surface area contributed by atoms with E-state index in [1.807, 2.05) is 4.90 Å². The minimum absolute atomic E-state index is 0.0428. The van der Waals surface area contributed by atoms with Crippen molar-refractivity contribution in [2.75, 3.05) is 18.2 Å². The molecule has 0 radical (unpaired) electrons. The molecule has 1 saturated heterocycles. The lowest BCUT2D eigenvalue weighted by Gasteiger charge is -2.21. The molecule has 2 aliphatic carbocycles. The lowest BCUT2D eigenvalue weighted by molar-refractivity contribution is -0.126. The minimum Gasteiger partial charge on any atom is -0.463 e. The normalized spacial score (nSPS) is 30.0. The van der Waals surface area contributed by atoms with Crippen LogP contribution in [0.4, 0.5) is 0 Å². The van der Waals surface area contributed by atoms with Gasteiger partial charge in [-0.3, -0.25) is 4.79 Å². The Kier molecular flexibility index (Phi) is 4.58. The Balaban J connectivity index is 1.45. The van der Waals surface area contributed by atoms with Gasteiger partial charge in [0.15, 0.2) is 12.0 Å². The van der Waals surface area contributed by atoms with Crippen LogP contribution < -0.4 is 5.32 Å². The molecule has 5 rings (SSSR count). The minimum atomic E-state index is -0.345. The highest BCUT2D eigenvalue weighted by Gasteiger charge is 2.49. The molecule has 158 valence electrons. The van der Waals surface area contributed by atoms with E-state index in [0.717, 1.165) is 29.3 Å². The van der Waals surface area contributed by atoms with E-state index in [9.17, 15) is 4.79 Å². The second kappa shape index (κ2) is 6.94. The van der Waals surface area contributed by atoms with E-state index in [2.05, 4.69) is 75.5 Å². The lowest BCUT2D eigenvalue weighted by atomic mass is 9.86. The highest BCUT2D eigenvalue weighted by atomic mass is 32.2. The summed E-state index contributed by atoms with van der Waals surface area (Å²) < 4.78 is 6.41. The van der Waals surface area contributed by atoms with Crippen molar-refractivity contribution in [2.24, 2.45) is 11.3 Å². The summed E-state index contributed by atoms with van der Waals surface area (Å²) in [6.45, 7) is 9.71. The Morgan fingerprint density at radius 3 is 2.67 bits per heavy atom. The van der Waals surface area contributed by atoms with E-state index in [4.69, 9.17) is 4.74 Å². The van der Waals surface area contributed by atoms with Crippen molar-refractivity contribution >= 4 is 17.7 Å². The Labute approximate surface area is 183 Å². The third-order valence-corrected chi connectivity index (χ3v) is 7.64. The van der Waals surface area contributed by atoms with Crippen LogP contribution in [0, 0.1) is 11.3 Å². The zero-order chi connectivity index (χ0) is 21.1. The summed E-state index contributed by atoms with van der Waals surface area (Å²) in [5, 5.41) is 3.41. The summed E-state index contributed by atoms with van der Waals surface area (Å²) in [4.78, 5) is 15.2. The van der Waals surface area contributed by atoms with Gasteiger partial charge < -0.3 is 15.0 Å². The van der Waals surface area contributed by atoms with Crippen LogP contribution in [0.25, 0.3) is 0 Å². The van der Waals surface area contributed by atoms with Crippen molar-refractivity contribution in [3.8, 4) is 0 Å². The molecule has 5 heteroatoms. The number of ether oxygens (including phenoxy) is 1. The number of hydrogen-bond acceptors (Lipinski definition) is 4. The molecular weight excluding hydrogens is 392 g/mol. The maximum atomic E-state index is 13.3. The van der Waals surface area contributed by atoms with Crippen molar-refractivity contribution in [3.63, 3.8) is 0 Å². The molecule has 3 atom stereocenters. The molecule has 0 spiro atoms. The summed E-state index contributed by atoms with van der Waals surface area (Å²) in [6.07, 6.45) is 7.53. The summed E-state index contributed by atoms with van der Waals surface area (Å²) >= 11 is 1.80. The first-order chi connectivity index (χ1) is 14.2. The van der Waals surface area contributed by atoms with E-state index < -0.39 is 0 Å². The quantitative estimate of drug-likeness (QED) is 0.755. The molecule has 1 N–H and O–H groups in total. The topological polar surface area (TPSA) is 41.6 Å². The van der Waals surface area contributed by atoms with Crippen LogP contribution in [0.1, 0.15) is 51.5 Å². The van der Waals surface area contributed by atoms with Crippen molar-refractivity contribution in [3.05, 3.63) is 70.6 Å². The maximum Gasteiger partial charge on any atom is 0.274 e. The van der Waals surface area contributed by atoms with Crippen LogP contribution in [0.15, 0.2) is 59.5 Å². The Bertz CT molecular complexity index is 964. The molecule has 1 aromatic carbocycles. The van der Waals surface area contributed by atoms with Crippen molar-refractivity contribution in [1.82, 2.24) is 10.2 Å². The summed E-state index contributed by atoms with van der Waals surface area (Å²) in [5.41, 5.74) is 4.27. The van der Waals surface area contributed by atoms with Gasteiger partial charge in [0, 0.05) is 23.4 Å². The fourth-order valence-corrected chi connectivity index (χ4v) is 5.39. The first-order valence-corrected chi connectivity index (χ1v) is 12.0. The van der Waals surface area contributed by atoms with Crippen LogP contribution >= 0.6 is 11.8 Å². The van der Waals surface area contributed by atoms with Gasteiger partial charge in [0.25, 0.3) is 5.91 Å². The molecule has 4 nitrogen and oxygen atoms in total. The Morgan fingerprint density at radius 2 is 2.03 bits per heavy atom. The van der Waals surface area contributed by atoms with Gasteiger partial charge in [-0.1, -0.05) is 70.2 Å². The number of thioether (sulfide) groups is 1. The highest BCUT2D eigenvalue weighted by Crippen LogP contribution is 2.57. The molecule has 2 aliphatic heterocycles. The van der Waals surface area contributed by atoms with E-state index in [0.29, 0.717) is 17.4 Å². The van der Waals surface area contributed by atoms with Gasteiger partial charge in [-0.25, -0.2) is 0 Å². The number of allylic oxidation sites excluding steroid dienone is 3. The SMILES string of the molecule is CC(C)(C)c1ccc(C2NC(C(=O)N3CCSC3)=C(C3=CC4(C)CC4C=C3)O2)cc1. The highest BCUT2D eigenvalue weighted by molar-refractivity contribution is 7.99. The Hall–Kier alpha value is -2.14. The smallest absolute Gasteiger partial charge is 0.274 e. The molecule has 1 amide bonds. The average molecular weight is 423 g/mol. The van der Waals surface area contributed by atoms with E-state index in [1.54, 1.807) is 11.8 Å². The second-order valence-electron chi connectivity index (χ2n) is 10.1. The predicted octanol–water partition coefficient (Wildman–Crippen LogP) is 4.87. The van der Waals surface area contributed by atoms with E-state index in [1.165, 1.54) is 12.0 Å². The third-order valence-electron chi connectivity index (χ3n) is 6.67. The number of amides is 1. The van der Waals surface area contributed by atoms with Gasteiger partial charge >= 0.3 is 0 Å². The van der Waals surface area contributed by atoms with E-state index in [-0.39, 0.29) is 23.0 Å². The predicted molar refractivity (Wildman–Crippen MR) is 122 cm³/mol. The summed E-state index contributed by atoms with van der Waals surface area (Å²) in [6, 6.07) is 8.54. The number of carbonyl (C=O) groups is 1. The third kappa shape index (κ3) is 3.47. The second-order valence-corrected chi connectivity index (χ2v) is 11.2. The number of nitrogens with zero attached hydrogens (tertiary/aromatic N) is 1. The molecule has 1 saturated carbocycles. The molecule has 1 aromatic rings. The van der Waals surface area contributed by atoms with Gasteiger partial charge in [-0.2, -0.15) is 0 Å². The van der Waals surface area contributed by atoms with Crippen LogP contribution in [-0.4, -0.2) is 29.0 Å². The first-order valence-electron chi connectivity index (χ1n) is 10.8. The molecule has 30 heavy (non-hydrogen) atoms. The zero-order valence-corrected chi connectivity index (χ0v) is 19.0. The van der Waals surface area contributed by atoms with Gasteiger partial charge in [0.1, 0.15) is 5.70 Å². The molecule has 2 fully saturated rings. The number of hydrogen-bond donors (Lipinski definition) is 1. The molecule has 0 bridgehead atoms. The lowest BCUT2D eigenvalue weighted by Crippen LogP contribution is -2.34. The van der Waals surface area contributed by atoms with Gasteiger partial charge in [-0.05, 0) is 28.7 Å². The number of carbonyl (C=O) groups excluding carboxylic acids is 1. The van der Waals surface area contributed by atoms with Crippen molar-refractivity contribution in [2.45, 2.75) is 45.8 Å².